The van der Waals surface area contributed by atoms with Gasteiger partial charge in [-0.2, -0.15) is 0 Å². The molecule has 0 radical (unpaired) electrons. The Bertz CT molecular complexity index is 92.8. The van der Waals surface area contributed by atoms with Crippen molar-refractivity contribution in [3.8, 4) is 0 Å². The van der Waals surface area contributed by atoms with Gasteiger partial charge >= 0.3 is 0 Å². The van der Waals surface area contributed by atoms with Crippen molar-refractivity contribution in [2.75, 3.05) is 6.26 Å². The molecule has 0 heterocycles. The SMILES string of the molecule is CS(=O)(=O)[SiH3]. The van der Waals surface area contributed by atoms with Crippen molar-refractivity contribution >= 4 is 18.7 Å². The molecule has 0 spiro atoms. The first-order chi connectivity index (χ1) is 2.00. The van der Waals surface area contributed by atoms with E-state index in [0.717, 1.165) is 0 Å². The summed E-state index contributed by atoms with van der Waals surface area (Å²) in [5.41, 5.74) is 0. The van der Waals surface area contributed by atoms with Crippen LogP contribution in [0.5, 0.6) is 0 Å². The van der Waals surface area contributed by atoms with Crippen LogP contribution in [-0.2, 0) is 9.29 Å². The highest BCUT2D eigenvalue weighted by Crippen LogP contribution is 1.59. The lowest BCUT2D eigenvalue weighted by molar-refractivity contribution is 0.614. The van der Waals surface area contributed by atoms with Gasteiger partial charge in [0.2, 0.25) is 0 Å². The van der Waals surface area contributed by atoms with Gasteiger partial charge < -0.3 is 0 Å². The molecule has 4 heteroatoms. The largest absolute Gasteiger partial charge is 0.238 e. The van der Waals surface area contributed by atoms with E-state index in [0.29, 0.717) is 0 Å². The lowest BCUT2D eigenvalue weighted by atomic mass is 12.0. The molecular weight excluding hydrogens is 104 g/mol. The molecule has 0 fully saturated rings. The van der Waals surface area contributed by atoms with Gasteiger partial charge in [0.15, 0.2) is 0 Å². The lowest BCUT2D eigenvalue weighted by Crippen LogP contribution is -1.89. The average molecular weight is 110 g/mol. The van der Waals surface area contributed by atoms with Gasteiger partial charge in [0.1, 0.15) is 18.7 Å². The first-order valence-electron chi connectivity index (χ1n) is 1.15. The molecule has 32 valence electrons. The monoisotopic (exact) mass is 110 g/mol. The van der Waals surface area contributed by atoms with Crippen molar-refractivity contribution in [2.45, 2.75) is 0 Å². The van der Waals surface area contributed by atoms with E-state index in [1.54, 1.807) is 0 Å². The van der Waals surface area contributed by atoms with E-state index >= 15 is 0 Å². The number of hydrogen-bond acceptors (Lipinski definition) is 2. The Morgan fingerprint density at radius 3 is 1.60 bits per heavy atom. The van der Waals surface area contributed by atoms with Crippen molar-refractivity contribution in [3.63, 3.8) is 0 Å². The molecular formula is CH6O2SSi. The topological polar surface area (TPSA) is 34.1 Å². The number of rotatable bonds is 0. The maximum absolute atomic E-state index is 9.69. The normalized spacial score (nSPS) is 12.2. The van der Waals surface area contributed by atoms with Gasteiger partial charge in [-0.3, -0.25) is 0 Å². The molecule has 0 bridgehead atoms. The fourth-order valence-corrected chi connectivity index (χ4v) is 0. The third-order valence-corrected chi connectivity index (χ3v) is 0. The smallest absolute Gasteiger partial charge is 0.148 e. The molecule has 0 aliphatic rings. The Kier molecular flexibility index (Phi) is 1.14. The van der Waals surface area contributed by atoms with Crippen molar-refractivity contribution in [1.82, 2.24) is 0 Å². The van der Waals surface area contributed by atoms with Crippen LogP contribution in [0, 0.1) is 0 Å². The van der Waals surface area contributed by atoms with Crippen LogP contribution in [-0.4, -0.2) is 24.1 Å². The minimum atomic E-state index is -2.53. The van der Waals surface area contributed by atoms with Crippen molar-refractivity contribution in [2.24, 2.45) is 0 Å². The average Bonchev–Trinajstić information content (AvgIpc) is 0.722. The van der Waals surface area contributed by atoms with E-state index in [1.807, 2.05) is 0 Å². The molecule has 0 atom stereocenters. The van der Waals surface area contributed by atoms with E-state index in [2.05, 4.69) is 0 Å². The maximum Gasteiger partial charge on any atom is 0.148 e. The second kappa shape index (κ2) is 1.10. The molecule has 0 aromatic rings. The van der Waals surface area contributed by atoms with E-state index in [4.69, 9.17) is 0 Å². The first kappa shape index (κ1) is 5.17. The van der Waals surface area contributed by atoms with Crippen LogP contribution in [0.2, 0.25) is 0 Å². The predicted octanol–water partition coefficient (Wildman–Crippen LogP) is -1.69. The van der Waals surface area contributed by atoms with Crippen LogP contribution in [0.4, 0.5) is 0 Å². The third kappa shape index (κ3) is 703. The summed E-state index contributed by atoms with van der Waals surface area (Å²) in [4.78, 5) is 0. The van der Waals surface area contributed by atoms with Crippen molar-refractivity contribution < 1.29 is 8.42 Å². The maximum atomic E-state index is 9.69. The fourth-order valence-electron chi connectivity index (χ4n) is 0. The van der Waals surface area contributed by atoms with E-state index in [1.165, 1.54) is 6.26 Å². The standard InChI is InChI=1S/CH6O2SSi/c1-4(2,3)5/h1,5H3. The second-order valence-corrected chi connectivity index (χ2v) is 7.88. The second-order valence-electron chi connectivity index (χ2n) is 1.14. The van der Waals surface area contributed by atoms with Crippen LogP contribution < -0.4 is 0 Å². The van der Waals surface area contributed by atoms with E-state index in [-0.39, 0.29) is 9.39 Å². The zero-order chi connectivity index (χ0) is 4.50. The van der Waals surface area contributed by atoms with Crippen LogP contribution >= 0.6 is 0 Å². The van der Waals surface area contributed by atoms with E-state index in [9.17, 15) is 8.42 Å². The molecule has 0 rings (SSSR count). The quantitative estimate of drug-likeness (QED) is 0.349. The zero-order valence-electron chi connectivity index (χ0n) is 3.22. The molecule has 5 heavy (non-hydrogen) atoms. The minimum absolute atomic E-state index is 0.280. The van der Waals surface area contributed by atoms with Gasteiger partial charge in [0.05, 0.1) is 0 Å². The van der Waals surface area contributed by atoms with Gasteiger partial charge in [0, 0.05) is 6.26 Å². The van der Waals surface area contributed by atoms with Crippen LogP contribution in [0.1, 0.15) is 0 Å². The highest BCUT2D eigenvalue weighted by atomic mass is 32.4. The molecule has 2 nitrogen and oxygen atoms in total. The van der Waals surface area contributed by atoms with Gasteiger partial charge in [-0.1, -0.05) is 0 Å². The molecule has 0 saturated heterocycles. The van der Waals surface area contributed by atoms with Gasteiger partial charge in [-0.05, 0) is 0 Å². The number of hydrogen-bond donors (Lipinski definition) is 0. The third-order valence-electron chi connectivity index (χ3n) is 0. The summed E-state index contributed by atoms with van der Waals surface area (Å²) < 4.78 is 19.4. The summed E-state index contributed by atoms with van der Waals surface area (Å²) in [5, 5.41) is 0. The van der Waals surface area contributed by atoms with E-state index < -0.39 is 9.29 Å². The highest BCUT2D eigenvalue weighted by molar-refractivity contribution is 8.11. The Balaban J connectivity index is 4.06. The summed E-state index contributed by atoms with van der Waals surface area (Å²) in [6.45, 7) is 0. The van der Waals surface area contributed by atoms with Crippen LogP contribution in [0.25, 0.3) is 0 Å². The molecule has 0 N–H and O–H groups in total. The highest BCUT2D eigenvalue weighted by Gasteiger charge is 1.79. The van der Waals surface area contributed by atoms with Crippen molar-refractivity contribution in [1.29, 1.82) is 0 Å². The Morgan fingerprint density at radius 2 is 1.60 bits per heavy atom. The van der Waals surface area contributed by atoms with Gasteiger partial charge in [-0.25, -0.2) is 8.42 Å². The molecule has 0 aromatic carbocycles. The molecule has 0 saturated carbocycles. The molecule has 0 amide bonds. The van der Waals surface area contributed by atoms with Crippen molar-refractivity contribution in [3.05, 3.63) is 0 Å². The first-order valence-corrected chi connectivity index (χ1v) is 5.90. The summed E-state index contributed by atoms with van der Waals surface area (Å²) in [7, 11) is -2.25. The van der Waals surface area contributed by atoms with Gasteiger partial charge in [-0.15, -0.1) is 0 Å². The fraction of sp³-hybridized carbons (Fsp3) is 1.00. The van der Waals surface area contributed by atoms with Gasteiger partial charge in [0.25, 0.3) is 0 Å². The Morgan fingerprint density at radius 1 is 1.60 bits per heavy atom. The summed E-state index contributed by atoms with van der Waals surface area (Å²) >= 11 is 0. The minimum Gasteiger partial charge on any atom is -0.238 e. The summed E-state index contributed by atoms with van der Waals surface area (Å²) in [6.07, 6.45) is 1.22. The molecule has 0 unspecified atom stereocenters. The van der Waals surface area contributed by atoms with Crippen LogP contribution in [0.15, 0.2) is 0 Å². The predicted molar refractivity (Wildman–Crippen MR) is 24.8 cm³/mol. The molecule has 0 aliphatic heterocycles. The Hall–Kier alpha value is 0.167. The Labute approximate surface area is 34.2 Å². The summed E-state index contributed by atoms with van der Waals surface area (Å²) in [6, 6.07) is 0. The summed E-state index contributed by atoms with van der Waals surface area (Å²) in [5.74, 6) is 0. The zero-order valence-corrected chi connectivity index (χ0v) is 6.04. The molecule has 0 aliphatic carbocycles. The van der Waals surface area contributed by atoms with Crippen LogP contribution in [0.3, 0.4) is 0 Å². The lowest BCUT2D eigenvalue weighted by Gasteiger charge is -1.70. The molecule has 0 aromatic heterocycles.